The van der Waals surface area contributed by atoms with Crippen LogP contribution >= 0.6 is 27.3 Å². The van der Waals surface area contributed by atoms with Crippen molar-refractivity contribution in [3.05, 3.63) is 44.6 Å². The number of carbonyl (C=O) groups excluding carboxylic acids is 1. The number of hydrogen-bond acceptors (Lipinski definition) is 4. The van der Waals surface area contributed by atoms with Crippen molar-refractivity contribution in [1.29, 1.82) is 0 Å². The molecule has 0 spiro atoms. The fraction of sp³-hybridized carbons (Fsp3) is 0.154. The Balaban J connectivity index is 1.95. The first-order chi connectivity index (χ1) is 8.74. The smallest absolute Gasteiger partial charge is 0.194 e. The number of hydrogen-bond donors (Lipinski definition) is 0. The number of thiophene rings is 1. The highest BCUT2D eigenvalue weighted by atomic mass is 79.9. The van der Waals surface area contributed by atoms with E-state index in [0.717, 1.165) is 3.79 Å². The summed E-state index contributed by atoms with van der Waals surface area (Å²) in [5.41, 5.74) is 1.30. The lowest BCUT2D eigenvalue weighted by Crippen LogP contribution is -2.15. The van der Waals surface area contributed by atoms with E-state index in [1.807, 2.05) is 11.4 Å². The molecule has 0 amide bonds. The van der Waals surface area contributed by atoms with E-state index < -0.39 is 0 Å². The minimum Gasteiger partial charge on any atom is -0.486 e. The number of carbonyl (C=O) groups is 1. The van der Waals surface area contributed by atoms with E-state index in [0.29, 0.717) is 35.8 Å². The highest BCUT2D eigenvalue weighted by molar-refractivity contribution is 9.11. The Labute approximate surface area is 116 Å². The summed E-state index contributed by atoms with van der Waals surface area (Å²) >= 11 is 4.85. The Bertz CT molecular complexity index is 606. The highest BCUT2D eigenvalue weighted by Crippen LogP contribution is 2.32. The molecule has 0 bridgehead atoms. The molecule has 0 fully saturated rings. The molecule has 0 unspecified atom stereocenters. The van der Waals surface area contributed by atoms with Gasteiger partial charge >= 0.3 is 0 Å². The van der Waals surface area contributed by atoms with Crippen LogP contribution in [0.25, 0.3) is 0 Å². The first-order valence-corrected chi connectivity index (χ1v) is 7.10. The third kappa shape index (κ3) is 2.15. The lowest BCUT2D eigenvalue weighted by atomic mass is 10.1. The van der Waals surface area contributed by atoms with Crippen molar-refractivity contribution in [3.63, 3.8) is 0 Å². The zero-order chi connectivity index (χ0) is 12.5. The van der Waals surface area contributed by atoms with Crippen molar-refractivity contribution < 1.29 is 14.3 Å². The van der Waals surface area contributed by atoms with Gasteiger partial charge in [-0.25, -0.2) is 0 Å². The summed E-state index contributed by atoms with van der Waals surface area (Å²) in [4.78, 5) is 12.2. The fourth-order valence-corrected chi connectivity index (χ4v) is 2.92. The second-order valence-electron chi connectivity index (χ2n) is 3.83. The molecule has 18 heavy (non-hydrogen) atoms. The van der Waals surface area contributed by atoms with Crippen molar-refractivity contribution in [3.8, 4) is 11.5 Å². The van der Waals surface area contributed by atoms with Gasteiger partial charge in [0.2, 0.25) is 0 Å². The van der Waals surface area contributed by atoms with Gasteiger partial charge in [0.1, 0.15) is 13.2 Å². The lowest BCUT2D eigenvalue weighted by molar-refractivity contribution is 0.103. The quantitative estimate of drug-likeness (QED) is 0.793. The molecular formula is C13H9BrO3S. The van der Waals surface area contributed by atoms with Crippen LogP contribution in [0.3, 0.4) is 0 Å². The SMILES string of the molecule is O=C(c1csc(Br)c1)c1ccc2c(c1)OCCO2. The molecule has 0 aliphatic carbocycles. The van der Waals surface area contributed by atoms with Crippen LogP contribution in [0.5, 0.6) is 11.5 Å². The number of ether oxygens (including phenoxy) is 2. The normalized spacial score (nSPS) is 13.4. The second kappa shape index (κ2) is 4.74. The van der Waals surface area contributed by atoms with E-state index in [1.54, 1.807) is 18.2 Å². The summed E-state index contributed by atoms with van der Waals surface area (Å²) in [5.74, 6) is 1.33. The summed E-state index contributed by atoms with van der Waals surface area (Å²) in [7, 11) is 0. The van der Waals surface area contributed by atoms with Crippen molar-refractivity contribution in [2.24, 2.45) is 0 Å². The summed E-state index contributed by atoms with van der Waals surface area (Å²) in [6, 6.07) is 7.11. The number of benzene rings is 1. The van der Waals surface area contributed by atoms with Gasteiger partial charge in [-0.15, -0.1) is 11.3 Å². The molecule has 2 heterocycles. The van der Waals surface area contributed by atoms with Crippen LogP contribution in [0.15, 0.2) is 33.4 Å². The van der Waals surface area contributed by atoms with Crippen molar-refractivity contribution in [2.75, 3.05) is 13.2 Å². The number of ketones is 1. The van der Waals surface area contributed by atoms with Crippen LogP contribution in [0.4, 0.5) is 0 Å². The van der Waals surface area contributed by atoms with Gasteiger partial charge < -0.3 is 9.47 Å². The molecule has 92 valence electrons. The Kier molecular flexibility index (Phi) is 3.09. The van der Waals surface area contributed by atoms with E-state index in [-0.39, 0.29) is 5.78 Å². The van der Waals surface area contributed by atoms with E-state index in [1.165, 1.54) is 11.3 Å². The van der Waals surface area contributed by atoms with Gasteiger partial charge in [-0.05, 0) is 40.2 Å². The molecule has 5 heteroatoms. The van der Waals surface area contributed by atoms with Crippen LogP contribution in [0.2, 0.25) is 0 Å². The number of halogens is 1. The first-order valence-electron chi connectivity index (χ1n) is 5.42. The standard InChI is InChI=1S/C13H9BrO3S/c14-12-6-9(7-18-12)13(15)8-1-2-10-11(5-8)17-4-3-16-10/h1-2,5-7H,3-4H2. The molecule has 3 rings (SSSR count). The van der Waals surface area contributed by atoms with Crippen LogP contribution < -0.4 is 9.47 Å². The molecule has 1 aromatic heterocycles. The monoisotopic (exact) mass is 324 g/mol. The Morgan fingerprint density at radius 2 is 1.89 bits per heavy atom. The van der Waals surface area contributed by atoms with E-state index in [2.05, 4.69) is 15.9 Å². The molecule has 2 aromatic rings. The van der Waals surface area contributed by atoms with Gasteiger partial charge in [0, 0.05) is 16.5 Å². The fourth-order valence-electron chi connectivity index (χ4n) is 1.78. The summed E-state index contributed by atoms with van der Waals surface area (Å²) < 4.78 is 11.8. The molecule has 0 atom stereocenters. The van der Waals surface area contributed by atoms with Gasteiger partial charge in [-0.1, -0.05) is 0 Å². The van der Waals surface area contributed by atoms with E-state index >= 15 is 0 Å². The van der Waals surface area contributed by atoms with Crippen molar-refractivity contribution >= 4 is 33.0 Å². The van der Waals surface area contributed by atoms with Gasteiger partial charge in [-0.3, -0.25) is 4.79 Å². The van der Waals surface area contributed by atoms with Crippen LogP contribution in [0.1, 0.15) is 15.9 Å². The van der Waals surface area contributed by atoms with Crippen molar-refractivity contribution in [2.45, 2.75) is 0 Å². The average molecular weight is 325 g/mol. The zero-order valence-corrected chi connectivity index (χ0v) is 11.7. The minimum atomic E-state index is -0.00563. The van der Waals surface area contributed by atoms with Crippen LogP contribution in [0, 0.1) is 0 Å². The summed E-state index contributed by atoms with van der Waals surface area (Å²) in [6.07, 6.45) is 0. The molecule has 1 aliphatic rings. The molecular weight excluding hydrogens is 316 g/mol. The second-order valence-corrected chi connectivity index (χ2v) is 6.12. The third-order valence-corrected chi connectivity index (χ3v) is 4.14. The largest absolute Gasteiger partial charge is 0.486 e. The minimum absolute atomic E-state index is 0.00563. The van der Waals surface area contributed by atoms with Gasteiger partial charge in [0.05, 0.1) is 3.79 Å². The lowest BCUT2D eigenvalue weighted by Gasteiger charge is -2.18. The Hall–Kier alpha value is -1.33. The molecule has 1 aliphatic heterocycles. The topological polar surface area (TPSA) is 35.5 Å². The predicted octanol–water partition coefficient (Wildman–Crippen LogP) is 3.51. The molecule has 0 saturated carbocycles. The predicted molar refractivity (Wildman–Crippen MR) is 72.9 cm³/mol. The molecule has 1 aromatic carbocycles. The van der Waals surface area contributed by atoms with Crippen LogP contribution in [-0.2, 0) is 0 Å². The number of rotatable bonds is 2. The third-order valence-electron chi connectivity index (χ3n) is 2.63. The molecule has 0 radical (unpaired) electrons. The maximum atomic E-state index is 12.2. The summed E-state index contributed by atoms with van der Waals surface area (Å²) in [5, 5.41) is 1.84. The molecule has 3 nitrogen and oxygen atoms in total. The summed E-state index contributed by atoms with van der Waals surface area (Å²) in [6.45, 7) is 1.08. The number of fused-ring (bicyclic) bond motifs is 1. The van der Waals surface area contributed by atoms with E-state index in [4.69, 9.17) is 9.47 Å². The van der Waals surface area contributed by atoms with E-state index in [9.17, 15) is 4.79 Å². The molecule has 0 saturated heterocycles. The maximum Gasteiger partial charge on any atom is 0.194 e. The maximum absolute atomic E-state index is 12.2. The highest BCUT2D eigenvalue weighted by Gasteiger charge is 2.16. The average Bonchev–Trinajstić information content (AvgIpc) is 2.84. The Morgan fingerprint density at radius 1 is 1.11 bits per heavy atom. The van der Waals surface area contributed by atoms with Gasteiger partial charge in [0.15, 0.2) is 17.3 Å². The van der Waals surface area contributed by atoms with Crippen LogP contribution in [-0.4, -0.2) is 19.0 Å². The zero-order valence-electron chi connectivity index (χ0n) is 9.31. The van der Waals surface area contributed by atoms with Gasteiger partial charge in [-0.2, -0.15) is 0 Å². The van der Waals surface area contributed by atoms with Crippen molar-refractivity contribution in [1.82, 2.24) is 0 Å². The van der Waals surface area contributed by atoms with Gasteiger partial charge in [0.25, 0.3) is 0 Å². The molecule has 0 N–H and O–H groups in total. The Morgan fingerprint density at radius 3 is 2.61 bits per heavy atom. The first kappa shape index (κ1) is 11.7.